The standard InChI is InChI=1S/C29H32ClN3O3/c1-34-27-10-5-11-28(35-2)29(27)36-26-9-4-3-8-25(26)33-17-15-32(16-18-33)14-6-7-21-20-31-24-13-12-22(30)19-23(21)24/h3-5,8-13,19-20,31H,6-7,14-18H2,1-2H3. The van der Waals surface area contributed by atoms with Crippen molar-refractivity contribution in [3.63, 3.8) is 0 Å². The van der Waals surface area contributed by atoms with Crippen molar-refractivity contribution >= 4 is 28.2 Å². The van der Waals surface area contributed by atoms with E-state index < -0.39 is 0 Å². The number of halogens is 1. The van der Waals surface area contributed by atoms with Gasteiger partial charge in [0.2, 0.25) is 5.75 Å². The van der Waals surface area contributed by atoms with Crippen LogP contribution in [0, 0.1) is 0 Å². The third-order valence-electron chi connectivity index (χ3n) is 6.82. The number of H-pyrrole nitrogens is 1. The number of nitrogens with zero attached hydrogens (tertiary/aromatic N) is 2. The van der Waals surface area contributed by atoms with Gasteiger partial charge in [-0.15, -0.1) is 0 Å². The molecule has 1 N–H and O–H groups in total. The monoisotopic (exact) mass is 505 g/mol. The Morgan fingerprint density at radius 3 is 2.33 bits per heavy atom. The number of aryl methyl sites for hydroxylation is 1. The summed E-state index contributed by atoms with van der Waals surface area (Å²) >= 11 is 6.21. The Labute approximate surface area is 217 Å². The molecule has 188 valence electrons. The number of fused-ring (bicyclic) bond motifs is 1. The van der Waals surface area contributed by atoms with Crippen LogP contribution in [0.3, 0.4) is 0 Å². The molecule has 1 aliphatic heterocycles. The molecule has 36 heavy (non-hydrogen) atoms. The van der Waals surface area contributed by atoms with Crippen LogP contribution in [0.5, 0.6) is 23.0 Å². The Hall–Kier alpha value is -3.35. The molecule has 0 aliphatic carbocycles. The third-order valence-corrected chi connectivity index (χ3v) is 7.06. The molecule has 4 aromatic rings. The van der Waals surface area contributed by atoms with Crippen molar-refractivity contribution in [2.45, 2.75) is 12.8 Å². The number of anilines is 1. The van der Waals surface area contributed by atoms with E-state index in [-0.39, 0.29) is 0 Å². The molecular weight excluding hydrogens is 474 g/mol. The molecule has 3 aromatic carbocycles. The van der Waals surface area contributed by atoms with Gasteiger partial charge in [-0.1, -0.05) is 29.8 Å². The molecule has 0 radical (unpaired) electrons. The highest BCUT2D eigenvalue weighted by atomic mass is 35.5. The van der Waals surface area contributed by atoms with E-state index in [0.29, 0.717) is 17.2 Å². The molecule has 1 aromatic heterocycles. The normalized spacial score (nSPS) is 14.2. The summed E-state index contributed by atoms with van der Waals surface area (Å²) in [6.07, 6.45) is 4.28. The predicted molar refractivity (Wildman–Crippen MR) is 146 cm³/mol. The average molecular weight is 506 g/mol. The first-order valence-electron chi connectivity index (χ1n) is 12.4. The summed E-state index contributed by atoms with van der Waals surface area (Å²) in [5.74, 6) is 2.68. The van der Waals surface area contributed by atoms with Gasteiger partial charge in [0.1, 0.15) is 0 Å². The van der Waals surface area contributed by atoms with E-state index in [1.807, 2.05) is 42.5 Å². The second-order valence-electron chi connectivity index (χ2n) is 9.00. The van der Waals surface area contributed by atoms with Crippen molar-refractivity contribution in [2.24, 2.45) is 0 Å². The number of para-hydroxylation sites is 3. The Morgan fingerprint density at radius 2 is 1.58 bits per heavy atom. The lowest BCUT2D eigenvalue weighted by Crippen LogP contribution is -2.46. The fraction of sp³-hybridized carbons (Fsp3) is 0.310. The number of benzene rings is 3. The summed E-state index contributed by atoms with van der Waals surface area (Å²) in [7, 11) is 3.28. The van der Waals surface area contributed by atoms with Gasteiger partial charge in [-0.2, -0.15) is 0 Å². The SMILES string of the molecule is COc1cccc(OC)c1Oc1ccccc1N1CCN(CCCc2c[nH]c3ccc(Cl)cc23)CC1. The van der Waals surface area contributed by atoms with E-state index in [2.05, 4.69) is 39.2 Å². The van der Waals surface area contributed by atoms with E-state index in [1.165, 1.54) is 10.9 Å². The smallest absolute Gasteiger partial charge is 0.211 e. The van der Waals surface area contributed by atoms with Crippen LogP contribution in [0.25, 0.3) is 10.9 Å². The van der Waals surface area contributed by atoms with Crippen molar-refractivity contribution in [1.29, 1.82) is 0 Å². The lowest BCUT2D eigenvalue weighted by Gasteiger charge is -2.36. The minimum atomic E-state index is 0.590. The molecule has 0 saturated carbocycles. The zero-order chi connectivity index (χ0) is 24.9. The van der Waals surface area contributed by atoms with E-state index in [4.69, 9.17) is 25.8 Å². The molecule has 5 rings (SSSR count). The van der Waals surface area contributed by atoms with Gasteiger partial charge < -0.3 is 24.1 Å². The Bertz CT molecular complexity index is 1290. The van der Waals surface area contributed by atoms with E-state index >= 15 is 0 Å². The number of piperazine rings is 1. The summed E-state index contributed by atoms with van der Waals surface area (Å²) in [6, 6.07) is 19.9. The zero-order valence-corrected chi connectivity index (χ0v) is 21.6. The second kappa shape index (κ2) is 11.1. The molecule has 1 aliphatic rings. The first-order valence-corrected chi connectivity index (χ1v) is 12.7. The van der Waals surface area contributed by atoms with Crippen LogP contribution >= 0.6 is 11.6 Å². The number of rotatable bonds is 9. The summed E-state index contributed by atoms with van der Waals surface area (Å²) in [5.41, 5.74) is 3.57. The van der Waals surface area contributed by atoms with Gasteiger partial charge in [0.15, 0.2) is 17.2 Å². The molecule has 6 nitrogen and oxygen atoms in total. The molecule has 7 heteroatoms. The van der Waals surface area contributed by atoms with Crippen LogP contribution in [0.1, 0.15) is 12.0 Å². The molecule has 2 heterocycles. The third kappa shape index (κ3) is 5.25. The number of hydrogen-bond acceptors (Lipinski definition) is 5. The first-order chi connectivity index (χ1) is 17.7. The molecular formula is C29H32ClN3O3. The van der Waals surface area contributed by atoms with Gasteiger partial charge in [0.05, 0.1) is 19.9 Å². The van der Waals surface area contributed by atoms with Gasteiger partial charge in [-0.25, -0.2) is 0 Å². The highest BCUT2D eigenvalue weighted by molar-refractivity contribution is 6.31. The van der Waals surface area contributed by atoms with Crippen LogP contribution < -0.4 is 19.1 Å². The summed E-state index contributed by atoms with van der Waals surface area (Å²) in [6.45, 7) is 5.02. The maximum atomic E-state index is 6.37. The second-order valence-corrected chi connectivity index (χ2v) is 9.43. The number of aromatic nitrogens is 1. The number of ether oxygens (including phenoxy) is 3. The highest BCUT2D eigenvalue weighted by Crippen LogP contribution is 2.42. The maximum Gasteiger partial charge on any atom is 0.211 e. The number of nitrogens with one attached hydrogen (secondary N) is 1. The molecule has 0 spiro atoms. The topological polar surface area (TPSA) is 50.0 Å². The molecule has 0 bridgehead atoms. The van der Waals surface area contributed by atoms with Crippen molar-refractivity contribution in [3.8, 4) is 23.0 Å². The van der Waals surface area contributed by atoms with Crippen molar-refractivity contribution < 1.29 is 14.2 Å². The van der Waals surface area contributed by atoms with E-state index in [0.717, 1.165) is 67.5 Å². The minimum absolute atomic E-state index is 0.590. The van der Waals surface area contributed by atoms with Gasteiger partial charge in [-0.3, -0.25) is 4.90 Å². The van der Waals surface area contributed by atoms with Gasteiger partial charge in [-0.05, 0) is 67.4 Å². The lowest BCUT2D eigenvalue weighted by molar-refractivity contribution is 0.254. The molecule has 0 unspecified atom stereocenters. The number of methoxy groups -OCH3 is 2. The Kier molecular flexibility index (Phi) is 7.54. The quantitative estimate of drug-likeness (QED) is 0.286. The zero-order valence-electron chi connectivity index (χ0n) is 20.8. The fourth-order valence-electron chi connectivity index (χ4n) is 4.90. The molecule has 1 fully saturated rings. The summed E-state index contributed by atoms with van der Waals surface area (Å²) < 4.78 is 17.4. The largest absolute Gasteiger partial charge is 0.493 e. The van der Waals surface area contributed by atoms with Crippen molar-refractivity contribution in [1.82, 2.24) is 9.88 Å². The highest BCUT2D eigenvalue weighted by Gasteiger charge is 2.21. The van der Waals surface area contributed by atoms with Gasteiger partial charge >= 0.3 is 0 Å². The van der Waals surface area contributed by atoms with E-state index in [1.54, 1.807) is 14.2 Å². The first kappa shape index (κ1) is 24.3. The van der Waals surface area contributed by atoms with Crippen LogP contribution in [0.4, 0.5) is 5.69 Å². The maximum absolute atomic E-state index is 6.37. The van der Waals surface area contributed by atoms with Crippen LogP contribution in [-0.2, 0) is 6.42 Å². The predicted octanol–water partition coefficient (Wildman–Crippen LogP) is 6.39. The van der Waals surface area contributed by atoms with Gasteiger partial charge in [0.25, 0.3) is 0 Å². The van der Waals surface area contributed by atoms with Crippen LogP contribution in [0.15, 0.2) is 66.9 Å². The lowest BCUT2D eigenvalue weighted by atomic mass is 10.1. The Balaban J connectivity index is 1.19. The summed E-state index contributed by atoms with van der Waals surface area (Å²) in [5, 5.41) is 2.02. The average Bonchev–Trinajstić information content (AvgIpc) is 3.31. The molecule has 0 atom stereocenters. The summed E-state index contributed by atoms with van der Waals surface area (Å²) in [4.78, 5) is 8.30. The van der Waals surface area contributed by atoms with Crippen molar-refractivity contribution in [2.75, 3.05) is 51.8 Å². The number of hydrogen-bond donors (Lipinski definition) is 1. The Morgan fingerprint density at radius 1 is 0.861 bits per heavy atom. The van der Waals surface area contributed by atoms with Crippen LogP contribution in [0.2, 0.25) is 5.02 Å². The van der Waals surface area contributed by atoms with Gasteiger partial charge in [0, 0.05) is 48.3 Å². The minimum Gasteiger partial charge on any atom is -0.493 e. The fourth-order valence-corrected chi connectivity index (χ4v) is 5.07. The van der Waals surface area contributed by atoms with E-state index in [9.17, 15) is 0 Å². The van der Waals surface area contributed by atoms with Crippen molar-refractivity contribution in [3.05, 3.63) is 77.4 Å². The molecule has 1 saturated heterocycles. The number of aromatic amines is 1. The molecule has 0 amide bonds. The van der Waals surface area contributed by atoms with Crippen LogP contribution in [-0.4, -0.2) is 56.8 Å².